The van der Waals surface area contributed by atoms with Crippen LogP contribution in [0.4, 0.5) is 4.79 Å². The maximum Gasteiger partial charge on any atom is 0.410 e. The maximum atomic E-state index is 12.6. The molecule has 0 bridgehead atoms. The Morgan fingerprint density at radius 2 is 1.57 bits per heavy atom. The van der Waals surface area contributed by atoms with Crippen molar-refractivity contribution in [2.24, 2.45) is 13.0 Å². The zero-order chi connectivity index (χ0) is 32.8. The molecule has 0 aliphatic carbocycles. The van der Waals surface area contributed by atoms with E-state index in [1.165, 1.54) is 0 Å². The molecule has 6 rings (SSSR count). The third-order valence-corrected chi connectivity index (χ3v) is 8.02. The first-order chi connectivity index (χ1) is 22.7. The van der Waals surface area contributed by atoms with Crippen molar-refractivity contribution in [1.29, 1.82) is 0 Å². The predicted molar refractivity (Wildman–Crippen MR) is 182 cm³/mol. The number of pyridine rings is 1. The van der Waals surface area contributed by atoms with Crippen molar-refractivity contribution in [2.45, 2.75) is 52.4 Å². The van der Waals surface area contributed by atoms with Gasteiger partial charge in [-0.05, 0) is 62.9 Å². The molecule has 0 radical (unpaired) electrons. The lowest BCUT2D eigenvalue weighted by Crippen LogP contribution is -2.44. The van der Waals surface area contributed by atoms with Crippen LogP contribution in [0.15, 0.2) is 91.0 Å². The molecule has 244 valence electrons. The molecule has 47 heavy (non-hydrogen) atoms. The number of rotatable bonds is 10. The lowest BCUT2D eigenvalue weighted by molar-refractivity contribution is 0.0139. The van der Waals surface area contributed by atoms with Gasteiger partial charge in [-0.25, -0.2) is 4.79 Å². The average molecular weight is 635 g/mol. The van der Waals surface area contributed by atoms with Crippen molar-refractivity contribution in [3.05, 3.63) is 102 Å². The van der Waals surface area contributed by atoms with E-state index in [0.717, 1.165) is 51.9 Å². The lowest BCUT2D eigenvalue weighted by Gasteiger charge is -2.34. The summed E-state index contributed by atoms with van der Waals surface area (Å²) >= 11 is 0. The summed E-state index contributed by atoms with van der Waals surface area (Å²) in [5.41, 5.74) is 4.05. The van der Waals surface area contributed by atoms with Crippen molar-refractivity contribution in [3.8, 4) is 28.8 Å². The molecular formula is C38H42N4O5. The summed E-state index contributed by atoms with van der Waals surface area (Å²) in [6.07, 6.45) is 1.67. The monoisotopic (exact) mass is 634 g/mol. The van der Waals surface area contributed by atoms with Crippen LogP contribution in [0.25, 0.3) is 22.2 Å². The SMILES string of the molecule is Cn1nc(-c2ccc(OCc3ccccc3)nc2OCc2ccccc2)c2ccc(OC[C@H]3CCCN(C(=O)OC(C)(C)C)C3)cc21. The molecule has 3 aromatic carbocycles. The molecule has 9 heteroatoms. The largest absolute Gasteiger partial charge is 0.493 e. The second-order valence-corrected chi connectivity index (χ2v) is 12.9. The summed E-state index contributed by atoms with van der Waals surface area (Å²) in [5, 5.41) is 5.85. The minimum absolute atomic E-state index is 0.229. The topological polar surface area (TPSA) is 87.9 Å². The first-order valence-corrected chi connectivity index (χ1v) is 16.1. The fourth-order valence-corrected chi connectivity index (χ4v) is 5.68. The molecule has 1 amide bonds. The minimum Gasteiger partial charge on any atom is -0.493 e. The maximum absolute atomic E-state index is 12.6. The third-order valence-electron chi connectivity index (χ3n) is 8.02. The van der Waals surface area contributed by atoms with Crippen molar-refractivity contribution in [3.63, 3.8) is 0 Å². The number of hydrogen-bond donors (Lipinski definition) is 0. The molecule has 0 spiro atoms. The number of aromatic nitrogens is 3. The van der Waals surface area contributed by atoms with Gasteiger partial charge in [0.05, 0.1) is 17.7 Å². The fourth-order valence-electron chi connectivity index (χ4n) is 5.68. The molecule has 0 N–H and O–H groups in total. The van der Waals surface area contributed by atoms with Gasteiger partial charge in [-0.15, -0.1) is 0 Å². The Balaban J connectivity index is 1.20. The number of amides is 1. The summed E-state index contributed by atoms with van der Waals surface area (Å²) in [4.78, 5) is 19.2. The molecular weight excluding hydrogens is 592 g/mol. The van der Waals surface area contributed by atoms with Crippen molar-refractivity contribution < 1.29 is 23.7 Å². The minimum atomic E-state index is -0.513. The molecule has 2 aromatic heterocycles. The van der Waals surface area contributed by atoms with Crippen LogP contribution < -0.4 is 14.2 Å². The Kier molecular flexibility index (Phi) is 9.61. The van der Waals surface area contributed by atoms with Gasteiger partial charge in [0.15, 0.2) is 0 Å². The Morgan fingerprint density at radius 1 is 0.872 bits per heavy atom. The van der Waals surface area contributed by atoms with Gasteiger partial charge >= 0.3 is 6.09 Å². The summed E-state index contributed by atoms with van der Waals surface area (Å²) in [7, 11) is 1.92. The second kappa shape index (κ2) is 14.2. The standard InChI is InChI=1S/C38H42N4O5/c1-38(2,3)47-37(43)42-21-11-16-29(23-42)26-44-30-17-18-31-33(22-30)41(4)40-35(31)32-19-20-34(45-24-27-12-7-5-8-13-27)39-36(32)46-25-28-14-9-6-10-15-28/h5-10,12-15,17-20,22,29H,11,16,21,23-26H2,1-4H3/t29-/m0/s1. The molecule has 0 saturated carbocycles. The molecule has 1 saturated heterocycles. The molecule has 1 aliphatic heterocycles. The predicted octanol–water partition coefficient (Wildman–Crippen LogP) is 7.82. The van der Waals surface area contributed by atoms with E-state index < -0.39 is 5.60 Å². The molecule has 0 unspecified atom stereocenters. The number of nitrogens with zero attached hydrogens (tertiary/aromatic N) is 4. The van der Waals surface area contributed by atoms with Crippen LogP contribution in [-0.4, -0.2) is 51.1 Å². The number of aryl methyl sites for hydroxylation is 1. The quantitative estimate of drug-likeness (QED) is 0.155. The van der Waals surface area contributed by atoms with E-state index in [-0.39, 0.29) is 12.0 Å². The highest BCUT2D eigenvalue weighted by molar-refractivity contribution is 5.95. The zero-order valence-electron chi connectivity index (χ0n) is 27.5. The fraction of sp³-hybridized carbons (Fsp3) is 0.342. The highest BCUT2D eigenvalue weighted by atomic mass is 16.6. The van der Waals surface area contributed by atoms with Crippen LogP contribution in [0.2, 0.25) is 0 Å². The van der Waals surface area contributed by atoms with Crippen LogP contribution in [0, 0.1) is 5.92 Å². The van der Waals surface area contributed by atoms with Gasteiger partial charge in [0.2, 0.25) is 11.8 Å². The van der Waals surface area contributed by atoms with Crippen molar-refractivity contribution in [1.82, 2.24) is 19.7 Å². The molecule has 9 nitrogen and oxygen atoms in total. The van der Waals surface area contributed by atoms with Crippen molar-refractivity contribution >= 4 is 17.0 Å². The molecule has 1 atom stereocenters. The number of carbonyl (C=O) groups excluding carboxylic acids is 1. The van der Waals surface area contributed by atoms with E-state index in [1.54, 1.807) is 4.90 Å². The Labute approximate surface area is 276 Å². The molecule has 5 aromatic rings. The van der Waals surface area contributed by atoms with Gasteiger partial charge in [0.1, 0.15) is 30.3 Å². The van der Waals surface area contributed by atoms with Crippen LogP contribution in [0.3, 0.4) is 0 Å². The van der Waals surface area contributed by atoms with E-state index >= 15 is 0 Å². The first-order valence-electron chi connectivity index (χ1n) is 16.1. The summed E-state index contributed by atoms with van der Waals surface area (Å²) < 4.78 is 26.1. The Morgan fingerprint density at radius 3 is 2.28 bits per heavy atom. The number of benzene rings is 3. The van der Waals surface area contributed by atoms with E-state index in [0.29, 0.717) is 44.7 Å². The average Bonchev–Trinajstić information content (AvgIpc) is 3.41. The Bertz CT molecular complexity index is 1800. The third kappa shape index (κ3) is 8.22. The first kappa shape index (κ1) is 31.9. The molecule has 3 heterocycles. The normalized spacial score (nSPS) is 15.0. The second-order valence-electron chi connectivity index (χ2n) is 12.9. The van der Waals surface area contributed by atoms with E-state index in [4.69, 9.17) is 29.0 Å². The number of piperidine rings is 1. The number of likely N-dealkylation sites (tertiary alicyclic amines) is 1. The van der Waals surface area contributed by atoms with E-state index in [1.807, 2.05) is 123 Å². The number of ether oxygens (including phenoxy) is 4. The smallest absolute Gasteiger partial charge is 0.410 e. The van der Waals surface area contributed by atoms with Gasteiger partial charge in [-0.3, -0.25) is 4.68 Å². The van der Waals surface area contributed by atoms with Gasteiger partial charge in [-0.2, -0.15) is 10.1 Å². The highest BCUT2D eigenvalue weighted by Gasteiger charge is 2.28. The van der Waals surface area contributed by atoms with Crippen molar-refractivity contribution in [2.75, 3.05) is 19.7 Å². The van der Waals surface area contributed by atoms with Crippen LogP contribution in [-0.2, 0) is 25.0 Å². The van der Waals surface area contributed by atoms with Gasteiger partial charge < -0.3 is 23.8 Å². The summed E-state index contributed by atoms with van der Waals surface area (Å²) in [6.45, 7) is 8.28. The van der Waals surface area contributed by atoms with Crippen LogP contribution in [0.5, 0.6) is 17.5 Å². The molecule has 1 aliphatic rings. The van der Waals surface area contributed by atoms with Gasteiger partial charge in [-0.1, -0.05) is 60.7 Å². The van der Waals surface area contributed by atoms with Gasteiger partial charge in [0, 0.05) is 43.6 Å². The van der Waals surface area contributed by atoms with Crippen LogP contribution >= 0.6 is 0 Å². The van der Waals surface area contributed by atoms with E-state index in [2.05, 4.69) is 0 Å². The Hall–Kier alpha value is -5.05. The van der Waals surface area contributed by atoms with Gasteiger partial charge in [0.25, 0.3) is 0 Å². The lowest BCUT2D eigenvalue weighted by atomic mass is 9.99. The van der Waals surface area contributed by atoms with E-state index in [9.17, 15) is 4.79 Å². The van der Waals surface area contributed by atoms with Crippen LogP contribution in [0.1, 0.15) is 44.7 Å². The number of fused-ring (bicyclic) bond motifs is 1. The zero-order valence-corrected chi connectivity index (χ0v) is 27.5. The summed E-state index contributed by atoms with van der Waals surface area (Å²) in [6, 6.07) is 29.8. The highest BCUT2D eigenvalue weighted by Crippen LogP contribution is 2.36. The molecule has 1 fully saturated rings. The number of hydrogen-bond acceptors (Lipinski definition) is 7. The summed E-state index contributed by atoms with van der Waals surface area (Å²) in [5.74, 6) is 1.91. The number of carbonyl (C=O) groups is 1.